The van der Waals surface area contributed by atoms with Crippen molar-refractivity contribution < 1.29 is 37.3 Å². The summed E-state index contributed by atoms with van der Waals surface area (Å²) in [4.78, 5) is 22.9. The molecule has 0 aromatic rings. The molecule has 1 N–H and O–H groups in total. The van der Waals surface area contributed by atoms with Gasteiger partial charge in [0.25, 0.3) is 0 Å². The summed E-state index contributed by atoms with van der Waals surface area (Å²) in [6, 6.07) is 0. The second-order valence-corrected chi connectivity index (χ2v) is 18.7. The number of hydrogen-bond acceptors (Lipinski definition) is 6. The molecule has 57 heavy (non-hydrogen) atoms. The number of carbonyl (C=O) groups excluding carboxylic acids is 1. The van der Waals surface area contributed by atoms with E-state index in [0.29, 0.717) is 17.4 Å². The number of unbranched alkanes of at least 4 members (excludes halogenated alkanes) is 26. The minimum absolute atomic E-state index is 0.0483. The summed E-state index contributed by atoms with van der Waals surface area (Å²) in [5.41, 5.74) is 0. The van der Waals surface area contributed by atoms with Gasteiger partial charge < -0.3 is 18.9 Å². The molecular formula is C48H93NO7P+. The van der Waals surface area contributed by atoms with Gasteiger partial charge >= 0.3 is 13.8 Å². The van der Waals surface area contributed by atoms with Crippen molar-refractivity contribution in [2.75, 3.05) is 47.5 Å². The van der Waals surface area contributed by atoms with E-state index in [1.54, 1.807) is 6.26 Å². The highest BCUT2D eigenvalue weighted by molar-refractivity contribution is 7.47. The van der Waals surface area contributed by atoms with Crippen LogP contribution in [-0.4, -0.2) is 69.0 Å². The highest BCUT2D eigenvalue weighted by Gasteiger charge is 2.26. The molecule has 0 saturated heterocycles. The van der Waals surface area contributed by atoms with E-state index < -0.39 is 13.9 Å². The van der Waals surface area contributed by atoms with Gasteiger partial charge in [0.05, 0.1) is 34.0 Å². The summed E-state index contributed by atoms with van der Waals surface area (Å²) >= 11 is 0. The van der Waals surface area contributed by atoms with Gasteiger partial charge in [-0.3, -0.25) is 13.8 Å². The third kappa shape index (κ3) is 45.5. The number of hydrogen-bond donors (Lipinski definition) is 1. The van der Waals surface area contributed by atoms with Crippen molar-refractivity contribution in [3.63, 3.8) is 0 Å². The van der Waals surface area contributed by atoms with Crippen molar-refractivity contribution >= 4 is 13.8 Å². The zero-order valence-electron chi connectivity index (χ0n) is 38.1. The van der Waals surface area contributed by atoms with E-state index in [0.717, 1.165) is 38.5 Å². The molecule has 1 unspecified atom stereocenters. The Morgan fingerprint density at radius 2 is 0.982 bits per heavy atom. The predicted molar refractivity (Wildman–Crippen MR) is 242 cm³/mol. The first kappa shape index (κ1) is 55.6. The van der Waals surface area contributed by atoms with Gasteiger partial charge in [-0.15, -0.1) is 0 Å². The predicted octanol–water partition coefficient (Wildman–Crippen LogP) is 14.5. The van der Waals surface area contributed by atoms with Crippen molar-refractivity contribution in [2.24, 2.45) is 0 Å². The third-order valence-corrected chi connectivity index (χ3v) is 11.3. The average molecular weight is 827 g/mol. The maximum Gasteiger partial charge on any atom is 0.472 e. The number of likely N-dealkylation sites (N-methyl/N-ethyl adjacent to an activating group) is 1. The Balaban J connectivity index is 4.23. The van der Waals surface area contributed by atoms with E-state index in [4.69, 9.17) is 18.5 Å². The van der Waals surface area contributed by atoms with Gasteiger partial charge in [-0.25, -0.2) is 4.57 Å². The Hall–Kier alpha value is -1.44. The lowest BCUT2D eigenvalue weighted by molar-refractivity contribution is -0.870. The first-order valence-corrected chi connectivity index (χ1v) is 25.3. The molecule has 0 aromatic heterocycles. The molecule has 0 aromatic carbocycles. The number of allylic oxidation sites excluding steroid dienone is 5. The Morgan fingerprint density at radius 1 is 0.561 bits per heavy atom. The van der Waals surface area contributed by atoms with Crippen molar-refractivity contribution in [3.05, 3.63) is 36.6 Å². The summed E-state index contributed by atoms with van der Waals surface area (Å²) in [5.74, 6) is -0.339. The fourth-order valence-electron chi connectivity index (χ4n) is 6.55. The van der Waals surface area contributed by atoms with Gasteiger partial charge in [-0.1, -0.05) is 179 Å². The van der Waals surface area contributed by atoms with Crippen LogP contribution in [0, 0.1) is 0 Å². The minimum atomic E-state index is -4.29. The lowest BCUT2D eigenvalue weighted by Crippen LogP contribution is -2.37. The van der Waals surface area contributed by atoms with Crippen LogP contribution in [0.2, 0.25) is 0 Å². The summed E-state index contributed by atoms with van der Waals surface area (Å²) in [6.45, 7) is 4.92. The summed E-state index contributed by atoms with van der Waals surface area (Å²) in [5, 5.41) is 0. The number of carbonyl (C=O) groups is 1. The number of phosphoric ester groups is 1. The van der Waals surface area contributed by atoms with Crippen LogP contribution in [0.25, 0.3) is 0 Å². The molecule has 0 spiro atoms. The molecule has 0 aliphatic rings. The molecule has 0 rings (SSSR count). The van der Waals surface area contributed by atoms with Gasteiger partial charge in [0.2, 0.25) is 0 Å². The summed E-state index contributed by atoms with van der Waals surface area (Å²) in [7, 11) is 1.64. The molecule has 0 fully saturated rings. The normalized spacial score (nSPS) is 13.9. The van der Waals surface area contributed by atoms with Crippen molar-refractivity contribution in [2.45, 2.75) is 219 Å². The first-order valence-electron chi connectivity index (χ1n) is 23.8. The highest BCUT2D eigenvalue weighted by atomic mass is 31.2. The molecule has 0 aliphatic heterocycles. The maximum absolute atomic E-state index is 12.7. The van der Waals surface area contributed by atoms with Gasteiger partial charge in [-0.2, -0.15) is 0 Å². The number of esters is 1. The minimum Gasteiger partial charge on any atom is -0.498 e. The van der Waals surface area contributed by atoms with E-state index in [-0.39, 0.29) is 25.8 Å². The van der Waals surface area contributed by atoms with E-state index in [2.05, 4.69) is 38.2 Å². The van der Waals surface area contributed by atoms with E-state index in [9.17, 15) is 14.3 Å². The average Bonchev–Trinajstić information content (AvgIpc) is 3.16. The SMILES string of the molecule is CCCCC/C=C\C/C=C\CCCCCCCCCCCC(=O)O[C@H](CO/C=C\CCCCCCCCCCCCCCCC)COP(=O)(O)OCC[N+](C)(C)C. The first-order chi connectivity index (χ1) is 27.6. The van der Waals surface area contributed by atoms with Crippen molar-refractivity contribution in [1.82, 2.24) is 0 Å². The van der Waals surface area contributed by atoms with Crippen molar-refractivity contribution in [3.8, 4) is 0 Å². The van der Waals surface area contributed by atoms with Crippen molar-refractivity contribution in [1.29, 1.82) is 0 Å². The standard InChI is InChI=1S/C48H92NO7P/c1-6-8-10-12-14-16-18-20-22-24-25-26-27-29-31-33-35-37-39-41-48(50)56-47(46-55-57(51,52)54-44-42-49(3,4)5)45-53-43-40-38-36-34-32-30-28-23-21-19-17-15-13-11-9-7-2/h14,16,20,22,40,43,47H,6-13,15,17-19,21,23-39,41-42,44-46H2,1-5H3/p+1/b16-14-,22-20-,43-40-/t47-/m1/s1. The van der Waals surface area contributed by atoms with Gasteiger partial charge in [-0.05, 0) is 57.4 Å². The number of nitrogens with zero attached hydrogens (tertiary/aromatic N) is 1. The van der Waals surface area contributed by atoms with Crippen LogP contribution in [0.1, 0.15) is 213 Å². The van der Waals surface area contributed by atoms with Crippen LogP contribution in [0.4, 0.5) is 0 Å². The molecule has 336 valence electrons. The second-order valence-electron chi connectivity index (χ2n) is 17.2. The molecule has 0 amide bonds. The summed E-state index contributed by atoms with van der Waals surface area (Å²) in [6.07, 6.45) is 49.9. The van der Waals surface area contributed by atoms with E-state index >= 15 is 0 Å². The number of phosphoric acid groups is 1. The quantitative estimate of drug-likeness (QED) is 0.0163. The number of rotatable bonds is 44. The number of ether oxygens (including phenoxy) is 2. The van der Waals surface area contributed by atoms with Crippen LogP contribution in [0.5, 0.6) is 0 Å². The number of quaternary nitrogens is 1. The molecule has 0 aliphatic carbocycles. The Kier molecular flexibility index (Phi) is 40.3. The molecule has 0 heterocycles. The second kappa shape index (κ2) is 41.3. The largest absolute Gasteiger partial charge is 0.498 e. The molecule has 0 saturated carbocycles. The smallest absolute Gasteiger partial charge is 0.472 e. The Morgan fingerprint density at radius 3 is 1.47 bits per heavy atom. The maximum atomic E-state index is 12.7. The lowest BCUT2D eigenvalue weighted by Gasteiger charge is -2.24. The van der Waals surface area contributed by atoms with Crippen LogP contribution in [-0.2, 0) is 27.9 Å². The van der Waals surface area contributed by atoms with Crippen LogP contribution in [0.3, 0.4) is 0 Å². The van der Waals surface area contributed by atoms with Gasteiger partial charge in [0.15, 0.2) is 6.10 Å². The fourth-order valence-corrected chi connectivity index (χ4v) is 7.29. The third-order valence-electron chi connectivity index (χ3n) is 10.3. The van der Waals surface area contributed by atoms with Crippen LogP contribution >= 0.6 is 7.82 Å². The Bertz CT molecular complexity index is 1010. The lowest BCUT2D eigenvalue weighted by atomic mass is 10.0. The zero-order valence-corrected chi connectivity index (χ0v) is 39.0. The van der Waals surface area contributed by atoms with Crippen LogP contribution in [0.15, 0.2) is 36.6 Å². The molecule has 2 atom stereocenters. The van der Waals surface area contributed by atoms with Gasteiger partial charge in [0, 0.05) is 6.42 Å². The molecular weight excluding hydrogens is 734 g/mol. The van der Waals surface area contributed by atoms with E-state index in [1.165, 1.54) is 154 Å². The van der Waals surface area contributed by atoms with Gasteiger partial charge in [0.1, 0.15) is 19.8 Å². The highest BCUT2D eigenvalue weighted by Crippen LogP contribution is 2.43. The molecule has 8 nitrogen and oxygen atoms in total. The zero-order chi connectivity index (χ0) is 42.0. The monoisotopic (exact) mass is 827 g/mol. The molecule has 0 bridgehead atoms. The molecule has 9 heteroatoms. The summed E-state index contributed by atoms with van der Waals surface area (Å²) < 4.78 is 34.8. The van der Waals surface area contributed by atoms with E-state index in [1.807, 2.05) is 27.2 Å². The fraction of sp³-hybridized carbons (Fsp3) is 0.854. The Labute approximate surface area is 353 Å². The molecule has 0 radical (unpaired) electrons. The topological polar surface area (TPSA) is 91.3 Å². The van der Waals surface area contributed by atoms with Crippen LogP contribution < -0.4 is 0 Å².